The molecule has 332 valence electrons. The quantitative estimate of drug-likeness (QED) is 0.245. The fourth-order valence-electron chi connectivity index (χ4n) is 16.6. The smallest absolute Gasteiger partial charge is 0.0838 e. The van der Waals surface area contributed by atoms with Crippen molar-refractivity contribution >= 4 is 11.8 Å². The van der Waals surface area contributed by atoms with E-state index in [9.17, 15) is 0 Å². The number of rotatable bonds is 4. The molecule has 0 aromatic rings. The molecule has 0 radical (unpaired) electrons. The van der Waals surface area contributed by atoms with Gasteiger partial charge in [0.1, 0.15) is 0 Å². The van der Waals surface area contributed by atoms with Crippen LogP contribution >= 0.6 is 11.8 Å². The van der Waals surface area contributed by atoms with Gasteiger partial charge in [0.25, 0.3) is 0 Å². The Balaban J connectivity index is 0.961. The Bertz CT molecular complexity index is 2280. The summed E-state index contributed by atoms with van der Waals surface area (Å²) in [5.74, 6) is 5.24. The van der Waals surface area contributed by atoms with Crippen molar-refractivity contribution in [2.45, 2.75) is 167 Å². The predicted molar refractivity (Wildman–Crippen MR) is 261 cm³/mol. The third-order valence-electron chi connectivity index (χ3n) is 19.2. The summed E-state index contributed by atoms with van der Waals surface area (Å²) >= 11 is 2.11. The van der Waals surface area contributed by atoms with Gasteiger partial charge in [-0.25, -0.2) is 0 Å². The first kappa shape index (κ1) is 40.3. The molecular formula is C57H73N5S. The Kier molecular flexibility index (Phi) is 10.1. The molecule has 0 amide bonds. The summed E-state index contributed by atoms with van der Waals surface area (Å²) in [7, 11) is 0. The van der Waals surface area contributed by atoms with E-state index in [-0.39, 0.29) is 18.5 Å². The highest BCUT2D eigenvalue weighted by atomic mass is 32.2. The van der Waals surface area contributed by atoms with E-state index < -0.39 is 0 Å². The van der Waals surface area contributed by atoms with Gasteiger partial charge in [0.2, 0.25) is 0 Å². The second kappa shape index (κ2) is 15.8. The Morgan fingerprint density at radius 1 is 0.746 bits per heavy atom. The van der Waals surface area contributed by atoms with Crippen LogP contribution in [0.1, 0.15) is 124 Å². The highest BCUT2D eigenvalue weighted by Crippen LogP contribution is 2.60. The second-order valence-electron chi connectivity index (χ2n) is 22.4. The van der Waals surface area contributed by atoms with E-state index in [1.165, 1.54) is 89.9 Å². The minimum absolute atomic E-state index is 0.103. The Labute approximate surface area is 383 Å². The Morgan fingerprint density at radius 3 is 2.56 bits per heavy atom. The molecule has 6 heteroatoms. The van der Waals surface area contributed by atoms with Gasteiger partial charge >= 0.3 is 0 Å². The van der Waals surface area contributed by atoms with Gasteiger partial charge in [-0.1, -0.05) is 109 Å². The molecule has 0 aromatic heterocycles. The maximum absolute atomic E-state index is 4.53. The molecule has 0 spiro atoms. The lowest BCUT2D eigenvalue weighted by molar-refractivity contribution is 0.0523. The van der Waals surface area contributed by atoms with Crippen molar-refractivity contribution in [3.63, 3.8) is 0 Å². The van der Waals surface area contributed by atoms with Gasteiger partial charge in [0, 0.05) is 64.9 Å². The summed E-state index contributed by atoms with van der Waals surface area (Å²) in [4.78, 5) is 9.52. The van der Waals surface area contributed by atoms with E-state index in [4.69, 9.17) is 0 Å². The van der Waals surface area contributed by atoms with Crippen LogP contribution in [0, 0.1) is 53.3 Å². The zero-order valence-electron chi connectivity index (χ0n) is 38.6. The molecule has 0 bridgehead atoms. The molecular weight excluding hydrogens is 787 g/mol. The molecule has 13 aliphatic rings. The number of thioether (sulfide) groups is 1. The van der Waals surface area contributed by atoms with E-state index in [2.05, 4.69) is 138 Å². The van der Waals surface area contributed by atoms with Crippen LogP contribution < -0.4 is 16.0 Å². The highest BCUT2D eigenvalue weighted by Gasteiger charge is 2.56. The van der Waals surface area contributed by atoms with E-state index >= 15 is 0 Å². The maximum atomic E-state index is 4.53. The number of nitrogens with one attached hydrogen (secondary N) is 3. The first-order valence-corrected chi connectivity index (χ1v) is 26.9. The highest BCUT2D eigenvalue weighted by molar-refractivity contribution is 8.07. The fourth-order valence-corrected chi connectivity index (χ4v) is 18.1. The van der Waals surface area contributed by atoms with Crippen molar-refractivity contribution in [2.75, 3.05) is 0 Å². The molecule has 5 nitrogen and oxygen atoms in total. The molecule has 1 saturated carbocycles. The molecule has 2 saturated heterocycles. The average molecular weight is 860 g/mol. The first-order chi connectivity index (χ1) is 30.9. The minimum Gasteiger partial charge on any atom is -0.366 e. The summed E-state index contributed by atoms with van der Waals surface area (Å²) in [5, 5.41) is 13.4. The van der Waals surface area contributed by atoms with Crippen molar-refractivity contribution in [1.29, 1.82) is 0 Å². The Morgan fingerprint density at radius 2 is 1.65 bits per heavy atom. The lowest BCUT2D eigenvalue weighted by Gasteiger charge is -2.54. The topological polar surface area (TPSA) is 42.6 Å². The van der Waals surface area contributed by atoms with Crippen LogP contribution in [-0.4, -0.2) is 52.5 Å². The second-order valence-corrected chi connectivity index (χ2v) is 23.6. The van der Waals surface area contributed by atoms with Crippen molar-refractivity contribution in [2.24, 2.45) is 53.3 Å². The van der Waals surface area contributed by atoms with Gasteiger partial charge in [-0.05, 0) is 155 Å². The standard InChI is InChI=1S/C57H73N5S/c1-32-15-12-24-41-42-25-13-21-38-35(4)29-37-30-45(47(31-46(37)61(51(32)41)54(38)42)62-52-33(2)16-10-22-39(52)40-23-11-17-34(3)53(40)62)57-59-55(36-18-6-5-7-19-36)58-56(60-57)44-26-14-28-49-50(44)43-20-8-9-27-48(43)63-49/h6,8-9,13,16-18,25,27-30,32,36-39,41,43-44,46-47,50-52,55-60H,5,7,10-12,14-15,19-24,26,31H2,1-4H3/t32?,36?,37?,38-,39?,41?,43?,44?,46?,47?,50?,51?,52?,55?,56?,57?/m0/s1. The molecule has 5 aliphatic heterocycles. The molecule has 8 aliphatic carbocycles. The number of hydrogen-bond donors (Lipinski definition) is 3. The van der Waals surface area contributed by atoms with Gasteiger partial charge in [-0.2, -0.15) is 0 Å². The molecule has 13 rings (SSSR count). The van der Waals surface area contributed by atoms with E-state index in [0.717, 1.165) is 12.3 Å². The van der Waals surface area contributed by atoms with E-state index in [1.807, 2.05) is 0 Å². The minimum atomic E-state index is 0.103. The van der Waals surface area contributed by atoms with Gasteiger partial charge < -0.3 is 9.80 Å². The monoisotopic (exact) mass is 860 g/mol. The normalized spacial score (nSPS) is 44.8. The van der Waals surface area contributed by atoms with Crippen LogP contribution in [-0.2, 0) is 0 Å². The van der Waals surface area contributed by atoms with E-state index in [1.54, 1.807) is 54.6 Å². The van der Waals surface area contributed by atoms with Crippen molar-refractivity contribution in [3.8, 4) is 0 Å². The summed E-state index contributed by atoms with van der Waals surface area (Å²) in [6.45, 7) is 10.1. The number of allylic oxidation sites excluding steroid dienone is 13. The molecule has 3 fully saturated rings. The molecule has 63 heavy (non-hydrogen) atoms. The zero-order chi connectivity index (χ0) is 42.1. The third-order valence-corrected chi connectivity index (χ3v) is 20.5. The molecule has 16 atom stereocenters. The van der Waals surface area contributed by atoms with Crippen molar-refractivity contribution in [3.05, 3.63) is 128 Å². The average Bonchev–Trinajstić information content (AvgIpc) is 3.96. The predicted octanol–water partition coefficient (Wildman–Crippen LogP) is 11.8. The van der Waals surface area contributed by atoms with Crippen molar-refractivity contribution in [1.82, 2.24) is 25.8 Å². The molecule has 0 aromatic carbocycles. The third kappa shape index (κ3) is 6.32. The van der Waals surface area contributed by atoms with Crippen LogP contribution in [0.5, 0.6) is 0 Å². The van der Waals surface area contributed by atoms with Crippen LogP contribution in [0.3, 0.4) is 0 Å². The lowest BCUT2D eigenvalue weighted by Crippen LogP contribution is -2.73. The largest absolute Gasteiger partial charge is 0.366 e. The summed E-state index contributed by atoms with van der Waals surface area (Å²) < 4.78 is 0. The van der Waals surface area contributed by atoms with Crippen LogP contribution in [0.25, 0.3) is 0 Å². The fraction of sp³-hybridized carbons (Fsp3) is 0.614. The maximum Gasteiger partial charge on any atom is 0.0838 e. The van der Waals surface area contributed by atoms with Crippen LogP contribution in [0.15, 0.2) is 128 Å². The van der Waals surface area contributed by atoms with E-state index in [0.29, 0.717) is 71.5 Å². The molecule has 5 heterocycles. The number of fused-ring (bicyclic) bond motifs is 10. The van der Waals surface area contributed by atoms with Gasteiger partial charge in [-0.15, -0.1) is 0 Å². The van der Waals surface area contributed by atoms with Crippen LogP contribution in [0.4, 0.5) is 0 Å². The van der Waals surface area contributed by atoms with Gasteiger partial charge in [-0.3, -0.25) is 16.0 Å². The SMILES string of the molecule is CC1=CCCC2=C1N(C1CC3C(C=C1C1NC(C4C=CCCC4)NC(C4CCC=C5SC6=CC=CCC6C54)N1)C=C(C)[C@@H]1CC=CC4=C1N3C1C(C)CCCC41)C1C(C)=CCCC21. The number of nitrogens with zero attached hydrogens (tertiary/aromatic N) is 2. The van der Waals surface area contributed by atoms with Gasteiger partial charge in [0.15, 0.2) is 0 Å². The van der Waals surface area contributed by atoms with Crippen molar-refractivity contribution < 1.29 is 0 Å². The van der Waals surface area contributed by atoms with Crippen LogP contribution in [0.2, 0.25) is 0 Å². The Hall–Kier alpha value is -3.03. The summed E-state index contributed by atoms with van der Waals surface area (Å²) in [6, 6.07) is 1.86. The van der Waals surface area contributed by atoms with Gasteiger partial charge in [0.05, 0.1) is 30.6 Å². The molecule has 15 unspecified atom stereocenters. The first-order valence-electron chi connectivity index (χ1n) is 26.0. The number of hydrogen-bond acceptors (Lipinski definition) is 6. The zero-order valence-corrected chi connectivity index (χ0v) is 39.4. The summed E-state index contributed by atoms with van der Waals surface area (Å²) in [5.41, 5.74) is 13.3. The lowest BCUT2D eigenvalue weighted by atomic mass is 9.71. The molecule has 3 N–H and O–H groups in total. The summed E-state index contributed by atoms with van der Waals surface area (Å²) in [6.07, 6.45) is 50.3.